The van der Waals surface area contributed by atoms with E-state index in [9.17, 15) is 21.6 Å². The summed E-state index contributed by atoms with van der Waals surface area (Å²) in [6.45, 7) is 2.03. The van der Waals surface area contributed by atoms with Crippen LogP contribution in [0.3, 0.4) is 0 Å². The van der Waals surface area contributed by atoms with Gasteiger partial charge in [-0.05, 0) is 35.9 Å². The van der Waals surface area contributed by atoms with Crippen molar-refractivity contribution < 1.29 is 26.3 Å². The highest BCUT2D eigenvalue weighted by molar-refractivity contribution is 7.89. The molecule has 146 valence electrons. The zero-order valence-electron chi connectivity index (χ0n) is 14.4. The highest BCUT2D eigenvalue weighted by Crippen LogP contribution is 2.23. The molecule has 1 atom stereocenters. The van der Waals surface area contributed by atoms with Crippen molar-refractivity contribution in [1.29, 1.82) is 0 Å². The fraction of sp³-hybridized carbons (Fsp3) is 0.333. The number of hydrogen-bond acceptors (Lipinski definition) is 4. The van der Waals surface area contributed by atoms with Gasteiger partial charge in [-0.1, -0.05) is 12.1 Å². The first-order valence-corrected chi connectivity index (χ1v) is 9.87. The van der Waals surface area contributed by atoms with Crippen LogP contribution < -0.4 is 4.72 Å². The van der Waals surface area contributed by atoms with Crippen LogP contribution >= 0.6 is 0 Å². The van der Waals surface area contributed by atoms with E-state index in [4.69, 9.17) is 4.74 Å². The molecule has 2 aromatic carbocycles. The molecule has 0 saturated carbocycles. The number of ether oxygens (including phenoxy) is 1. The minimum absolute atomic E-state index is 0.0794. The molecule has 1 aliphatic rings. The minimum Gasteiger partial charge on any atom is -0.379 e. The first-order valence-electron chi connectivity index (χ1n) is 8.39. The standard InChI is InChI=1S/C18H19F3N2O3S/c19-14-3-1-13(2-4-14)17(23-7-9-26-10-8-23)12-22-27(24,25)18-11-15(20)5-6-16(18)21/h1-6,11,17,22H,7-10,12H2/t17-/m1/s1. The first kappa shape index (κ1) is 19.8. The van der Waals surface area contributed by atoms with Gasteiger partial charge in [-0.3, -0.25) is 4.90 Å². The number of hydrogen-bond donors (Lipinski definition) is 1. The van der Waals surface area contributed by atoms with Crippen molar-refractivity contribution >= 4 is 10.0 Å². The summed E-state index contributed by atoms with van der Waals surface area (Å²) in [7, 11) is -4.26. The number of halogens is 3. The number of rotatable bonds is 6. The fourth-order valence-corrected chi connectivity index (χ4v) is 4.11. The Balaban J connectivity index is 1.83. The number of nitrogens with one attached hydrogen (secondary N) is 1. The van der Waals surface area contributed by atoms with E-state index in [2.05, 4.69) is 4.72 Å². The van der Waals surface area contributed by atoms with Crippen molar-refractivity contribution in [2.75, 3.05) is 32.8 Å². The van der Waals surface area contributed by atoms with Crippen molar-refractivity contribution in [1.82, 2.24) is 9.62 Å². The van der Waals surface area contributed by atoms with Crippen LogP contribution in [0.15, 0.2) is 47.4 Å². The molecule has 1 N–H and O–H groups in total. The summed E-state index contributed by atoms with van der Waals surface area (Å²) in [4.78, 5) is 1.25. The van der Waals surface area contributed by atoms with E-state index in [0.717, 1.165) is 12.1 Å². The Kier molecular flexibility index (Phi) is 6.15. The summed E-state index contributed by atoms with van der Waals surface area (Å²) in [6, 6.07) is 7.60. The van der Waals surface area contributed by atoms with Gasteiger partial charge in [0, 0.05) is 25.7 Å². The molecule has 2 aromatic rings. The molecule has 27 heavy (non-hydrogen) atoms. The molecular formula is C18H19F3N2O3S. The van der Waals surface area contributed by atoms with Crippen molar-refractivity contribution in [2.45, 2.75) is 10.9 Å². The van der Waals surface area contributed by atoms with Gasteiger partial charge in [0.1, 0.15) is 22.3 Å². The van der Waals surface area contributed by atoms with E-state index in [1.54, 1.807) is 12.1 Å². The average Bonchev–Trinajstić information content (AvgIpc) is 2.66. The quantitative estimate of drug-likeness (QED) is 0.809. The summed E-state index contributed by atoms with van der Waals surface area (Å²) in [5, 5.41) is 0. The molecule has 0 unspecified atom stereocenters. The fourth-order valence-electron chi connectivity index (χ4n) is 2.98. The lowest BCUT2D eigenvalue weighted by atomic mass is 10.0. The van der Waals surface area contributed by atoms with E-state index in [0.29, 0.717) is 37.9 Å². The largest absolute Gasteiger partial charge is 0.379 e. The van der Waals surface area contributed by atoms with Gasteiger partial charge in [0.25, 0.3) is 0 Å². The Morgan fingerprint density at radius 2 is 1.63 bits per heavy atom. The SMILES string of the molecule is O=S(=O)(NC[C@H](c1ccc(F)cc1)N1CCOCC1)c1cc(F)ccc1F. The van der Waals surface area contributed by atoms with Gasteiger partial charge in [-0.25, -0.2) is 26.3 Å². The van der Waals surface area contributed by atoms with Crippen molar-refractivity contribution in [3.63, 3.8) is 0 Å². The van der Waals surface area contributed by atoms with Gasteiger partial charge in [0.15, 0.2) is 0 Å². The molecule has 1 fully saturated rings. The smallest absolute Gasteiger partial charge is 0.243 e. The second-order valence-electron chi connectivity index (χ2n) is 6.14. The van der Waals surface area contributed by atoms with Crippen LogP contribution in [0.25, 0.3) is 0 Å². The average molecular weight is 400 g/mol. The van der Waals surface area contributed by atoms with Gasteiger partial charge < -0.3 is 4.74 Å². The topological polar surface area (TPSA) is 58.6 Å². The summed E-state index contributed by atoms with van der Waals surface area (Å²) in [5.41, 5.74) is 0.709. The Morgan fingerprint density at radius 1 is 1.00 bits per heavy atom. The molecule has 0 bridgehead atoms. The third-order valence-corrected chi connectivity index (χ3v) is 5.83. The maximum absolute atomic E-state index is 13.9. The Morgan fingerprint density at radius 3 is 2.30 bits per heavy atom. The molecule has 0 aliphatic carbocycles. The molecule has 3 rings (SSSR count). The monoisotopic (exact) mass is 400 g/mol. The molecule has 1 heterocycles. The molecule has 1 saturated heterocycles. The Labute approximate surface area is 155 Å². The van der Waals surface area contributed by atoms with Crippen LogP contribution in [0.5, 0.6) is 0 Å². The van der Waals surface area contributed by atoms with Crippen molar-refractivity contribution in [2.24, 2.45) is 0 Å². The van der Waals surface area contributed by atoms with Crippen LogP contribution in [0, 0.1) is 17.5 Å². The Hall–Kier alpha value is -1.94. The highest BCUT2D eigenvalue weighted by atomic mass is 32.2. The van der Waals surface area contributed by atoms with E-state index in [1.165, 1.54) is 12.1 Å². The summed E-state index contributed by atoms with van der Waals surface area (Å²) >= 11 is 0. The zero-order valence-corrected chi connectivity index (χ0v) is 15.2. The molecule has 0 amide bonds. The van der Waals surface area contributed by atoms with Crippen LogP contribution in [-0.4, -0.2) is 46.2 Å². The summed E-state index contributed by atoms with van der Waals surface area (Å²) in [6.07, 6.45) is 0. The maximum atomic E-state index is 13.9. The summed E-state index contributed by atoms with van der Waals surface area (Å²) < 4.78 is 73.0. The van der Waals surface area contributed by atoms with Crippen LogP contribution in [-0.2, 0) is 14.8 Å². The lowest BCUT2D eigenvalue weighted by Crippen LogP contribution is -2.43. The molecule has 0 radical (unpaired) electrons. The third-order valence-electron chi connectivity index (χ3n) is 4.39. The Bertz CT molecular complexity index is 885. The first-order chi connectivity index (χ1) is 12.9. The molecule has 5 nitrogen and oxygen atoms in total. The second-order valence-corrected chi connectivity index (χ2v) is 7.88. The lowest BCUT2D eigenvalue weighted by molar-refractivity contribution is 0.0172. The maximum Gasteiger partial charge on any atom is 0.243 e. The van der Waals surface area contributed by atoms with E-state index < -0.39 is 38.4 Å². The van der Waals surface area contributed by atoms with Crippen LogP contribution in [0.4, 0.5) is 13.2 Å². The highest BCUT2D eigenvalue weighted by Gasteiger charge is 2.26. The molecule has 1 aliphatic heterocycles. The van der Waals surface area contributed by atoms with Crippen molar-refractivity contribution in [3.05, 3.63) is 65.5 Å². The summed E-state index contributed by atoms with van der Waals surface area (Å²) in [5.74, 6) is -2.28. The van der Waals surface area contributed by atoms with E-state index >= 15 is 0 Å². The molecular weight excluding hydrogens is 381 g/mol. The second kappa shape index (κ2) is 8.39. The molecule has 0 spiro atoms. The lowest BCUT2D eigenvalue weighted by Gasteiger charge is -2.34. The van der Waals surface area contributed by atoms with Gasteiger partial charge in [0.2, 0.25) is 10.0 Å². The molecule has 0 aromatic heterocycles. The van der Waals surface area contributed by atoms with Gasteiger partial charge in [-0.15, -0.1) is 0 Å². The predicted octanol–water partition coefficient (Wildman–Crippen LogP) is 2.46. The number of sulfonamides is 1. The predicted molar refractivity (Wildman–Crippen MR) is 93.1 cm³/mol. The van der Waals surface area contributed by atoms with E-state index in [1.807, 2.05) is 4.90 Å². The van der Waals surface area contributed by atoms with Crippen molar-refractivity contribution in [3.8, 4) is 0 Å². The molecule has 9 heteroatoms. The van der Waals surface area contributed by atoms with Gasteiger partial charge in [-0.2, -0.15) is 0 Å². The van der Waals surface area contributed by atoms with E-state index in [-0.39, 0.29) is 6.54 Å². The van der Waals surface area contributed by atoms with Gasteiger partial charge >= 0.3 is 0 Å². The normalized spacial score (nSPS) is 17.0. The van der Waals surface area contributed by atoms with Crippen LogP contribution in [0.2, 0.25) is 0 Å². The third kappa shape index (κ3) is 4.86. The zero-order chi connectivity index (χ0) is 19.4. The number of benzene rings is 2. The number of nitrogens with zero attached hydrogens (tertiary/aromatic N) is 1. The van der Waals surface area contributed by atoms with Gasteiger partial charge in [0.05, 0.1) is 13.2 Å². The van der Waals surface area contributed by atoms with Crippen LogP contribution in [0.1, 0.15) is 11.6 Å². The minimum atomic E-state index is -4.26. The number of morpholine rings is 1.